The van der Waals surface area contributed by atoms with Crippen LogP contribution in [0.2, 0.25) is 0 Å². The van der Waals surface area contributed by atoms with Gasteiger partial charge in [0.25, 0.3) is 0 Å². The second-order valence-electron chi connectivity index (χ2n) is 4.40. The van der Waals surface area contributed by atoms with Gasteiger partial charge in [0.05, 0.1) is 33.0 Å². The van der Waals surface area contributed by atoms with Gasteiger partial charge in [-0.3, -0.25) is 4.98 Å². The van der Waals surface area contributed by atoms with E-state index in [2.05, 4.69) is 26.3 Å². The van der Waals surface area contributed by atoms with E-state index < -0.39 is 0 Å². The summed E-state index contributed by atoms with van der Waals surface area (Å²) in [4.78, 5) is 13.2. The van der Waals surface area contributed by atoms with Crippen LogP contribution in [-0.4, -0.2) is 15.0 Å². The maximum atomic E-state index is 4.55. The van der Waals surface area contributed by atoms with Gasteiger partial charge in [0.2, 0.25) is 0 Å². The fourth-order valence-corrected chi connectivity index (χ4v) is 2.81. The molecule has 0 atom stereocenters. The van der Waals surface area contributed by atoms with Crippen LogP contribution in [0.15, 0.2) is 54.2 Å². The molecular formula is C15H10N4S. The molecular weight excluding hydrogens is 268 g/mol. The molecule has 2 heterocycles. The third kappa shape index (κ3) is 1.98. The highest BCUT2D eigenvalue weighted by molar-refractivity contribution is 7.16. The highest BCUT2D eigenvalue weighted by Crippen LogP contribution is 2.24. The molecule has 4 aromatic rings. The molecule has 0 radical (unpaired) electrons. The summed E-state index contributed by atoms with van der Waals surface area (Å²) in [7, 11) is 0. The van der Waals surface area contributed by atoms with Gasteiger partial charge in [0, 0.05) is 5.69 Å². The number of fused-ring (bicyclic) bond motifs is 2. The molecule has 96 valence electrons. The normalized spacial score (nSPS) is 11.0. The van der Waals surface area contributed by atoms with Crippen molar-refractivity contribution in [3.8, 4) is 0 Å². The first kappa shape index (κ1) is 11.3. The SMILES string of the molecule is c1ccc2nc(Nc3ccc4ncsc4c3)cnc2c1. The summed E-state index contributed by atoms with van der Waals surface area (Å²) >= 11 is 1.63. The molecule has 0 aliphatic rings. The molecule has 2 aromatic heterocycles. The Morgan fingerprint density at radius 3 is 2.75 bits per heavy atom. The van der Waals surface area contributed by atoms with Gasteiger partial charge in [-0.1, -0.05) is 12.1 Å². The van der Waals surface area contributed by atoms with Gasteiger partial charge in [-0.2, -0.15) is 0 Å². The number of nitrogens with zero attached hydrogens (tertiary/aromatic N) is 3. The summed E-state index contributed by atoms with van der Waals surface area (Å²) in [6, 6.07) is 13.9. The minimum absolute atomic E-state index is 0.743. The van der Waals surface area contributed by atoms with E-state index in [0.29, 0.717) is 0 Å². The average Bonchev–Trinajstić information content (AvgIpc) is 2.95. The predicted molar refractivity (Wildman–Crippen MR) is 82.4 cm³/mol. The fourth-order valence-electron chi connectivity index (χ4n) is 2.10. The number of para-hydroxylation sites is 2. The smallest absolute Gasteiger partial charge is 0.149 e. The maximum Gasteiger partial charge on any atom is 0.149 e. The number of thiazole rings is 1. The number of nitrogens with one attached hydrogen (secondary N) is 1. The highest BCUT2D eigenvalue weighted by Gasteiger charge is 2.02. The Bertz CT molecular complexity index is 900. The van der Waals surface area contributed by atoms with Crippen LogP contribution in [0, 0.1) is 0 Å². The van der Waals surface area contributed by atoms with Gasteiger partial charge in [-0.15, -0.1) is 11.3 Å². The van der Waals surface area contributed by atoms with Gasteiger partial charge in [0.15, 0.2) is 0 Å². The minimum Gasteiger partial charge on any atom is -0.339 e. The quantitative estimate of drug-likeness (QED) is 0.602. The van der Waals surface area contributed by atoms with Gasteiger partial charge < -0.3 is 5.32 Å². The second-order valence-corrected chi connectivity index (χ2v) is 5.29. The summed E-state index contributed by atoms with van der Waals surface area (Å²) in [6.07, 6.45) is 1.75. The van der Waals surface area contributed by atoms with E-state index >= 15 is 0 Å². The number of benzene rings is 2. The highest BCUT2D eigenvalue weighted by atomic mass is 32.1. The van der Waals surface area contributed by atoms with E-state index in [1.807, 2.05) is 41.9 Å². The third-order valence-electron chi connectivity index (χ3n) is 3.05. The van der Waals surface area contributed by atoms with Crippen molar-refractivity contribution in [3.63, 3.8) is 0 Å². The van der Waals surface area contributed by atoms with Crippen molar-refractivity contribution in [2.24, 2.45) is 0 Å². The van der Waals surface area contributed by atoms with Crippen LogP contribution in [-0.2, 0) is 0 Å². The topological polar surface area (TPSA) is 50.7 Å². The zero-order chi connectivity index (χ0) is 13.4. The van der Waals surface area contributed by atoms with E-state index in [4.69, 9.17) is 0 Å². The lowest BCUT2D eigenvalue weighted by Gasteiger charge is -2.06. The van der Waals surface area contributed by atoms with Crippen molar-refractivity contribution in [1.29, 1.82) is 0 Å². The Morgan fingerprint density at radius 2 is 1.80 bits per heavy atom. The molecule has 0 saturated heterocycles. The minimum atomic E-state index is 0.743. The first-order valence-electron chi connectivity index (χ1n) is 6.20. The van der Waals surface area contributed by atoms with E-state index in [1.54, 1.807) is 17.5 Å². The van der Waals surface area contributed by atoms with Crippen LogP contribution < -0.4 is 5.32 Å². The van der Waals surface area contributed by atoms with E-state index in [-0.39, 0.29) is 0 Å². The van der Waals surface area contributed by atoms with Crippen molar-refractivity contribution in [2.75, 3.05) is 5.32 Å². The maximum absolute atomic E-state index is 4.55. The monoisotopic (exact) mass is 278 g/mol. The van der Waals surface area contributed by atoms with Crippen molar-refractivity contribution in [3.05, 3.63) is 54.2 Å². The molecule has 0 aliphatic carbocycles. The van der Waals surface area contributed by atoms with Crippen molar-refractivity contribution < 1.29 is 0 Å². The number of hydrogen-bond donors (Lipinski definition) is 1. The van der Waals surface area contributed by atoms with Crippen molar-refractivity contribution in [1.82, 2.24) is 15.0 Å². The predicted octanol–water partition coefficient (Wildman–Crippen LogP) is 3.98. The summed E-state index contributed by atoms with van der Waals surface area (Å²) in [6.45, 7) is 0. The van der Waals surface area contributed by atoms with Crippen LogP contribution in [0.25, 0.3) is 21.3 Å². The van der Waals surface area contributed by atoms with E-state index in [1.165, 1.54) is 0 Å². The molecule has 2 aromatic carbocycles. The van der Waals surface area contributed by atoms with Gasteiger partial charge in [-0.25, -0.2) is 9.97 Å². The van der Waals surface area contributed by atoms with Crippen molar-refractivity contribution in [2.45, 2.75) is 0 Å². The molecule has 0 aliphatic heterocycles. The molecule has 0 unspecified atom stereocenters. The molecule has 0 amide bonds. The number of hydrogen-bond acceptors (Lipinski definition) is 5. The first-order valence-corrected chi connectivity index (χ1v) is 7.08. The number of anilines is 2. The lowest BCUT2D eigenvalue weighted by atomic mass is 10.3. The average molecular weight is 278 g/mol. The molecule has 20 heavy (non-hydrogen) atoms. The third-order valence-corrected chi connectivity index (χ3v) is 3.84. The molecule has 0 saturated carbocycles. The Morgan fingerprint density at radius 1 is 0.900 bits per heavy atom. The van der Waals surface area contributed by atoms with E-state index in [9.17, 15) is 0 Å². The summed E-state index contributed by atoms with van der Waals surface area (Å²) < 4.78 is 1.16. The van der Waals surface area contributed by atoms with Crippen LogP contribution >= 0.6 is 11.3 Å². The molecule has 4 nitrogen and oxygen atoms in total. The zero-order valence-corrected chi connectivity index (χ0v) is 11.3. The molecule has 0 spiro atoms. The fraction of sp³-hybridized carbons (Fsp3) is 0. The zero-order valence-electron chi connectivity index (χ0n) is 10.4. The summed E-state index contributed by atoms with van der Waals surface area (Å²) in [5, 5.41) is 3.28. The molecule has 0 fully saturated rings. The molecule has 5 heteroatoms. The van der Waals surface area contributed by atoms with Crippen molar-refractivity contribution >= 4 is 44.1 Å². The van der Waals surface area contributed by atoms with Gasteiger partial charge in [-0.05, 0) is 30.3 Å². The Kier molecular flexibility index (Phi) is 2.57. The van der Waals surface area contributed by atoms with Gasteiger partial charge in [0.1, 0.15) is 5.82 Å². The van der Waals surface area contributed by atoms with Crippen LogP contribution in [0.3, 0.4) is 0 Å². The lowest BCUT2D eigenvalue weighted by molar-refractivity contribution is 1.28. The van der Waals surface area contributed by atoms with E-state index in [0.717, 1.165) is 32.8 Å². The largest absolute Gasteiger partial charge is 0.339 e. The summed E-state index contributed by atoms with van der Waals surface area (Å²) in [5.41, 5.74) is 5.65. The first-order chi connectivity index (χ1) is 9.88. The van der Waals surface area contributed by atoms with Crippen LogP contribution in [0.5, 0.6) is 0 Å². The molecule has 4 rings (SSSR count). The molecule has 0 bridgehead atoms. The Labute approximate surface area is 119 Å². The van der Waals surface area contributed by atoms with Gasteiger partial charge >= 0.3 is 0 Å². The Balaban J connectivity index is 1.72. The standard InChI is InChI=1S/C15H10N4S/c1-2-4-12-11(3-1)16-8-15(19-12)18-10-5-6-13-14(7-10)20-9-17-13/h1-9H,(H,18,19). The molecule has 1 N–H and O–H groups in total. The number of rotatable bonds is 2. The summed E-state index contributed by atoms with van der Waals surface area (Å²) in [5.74, 6) is 0.743. The number of aromatic nitrogens is 3. The second kappa shape index (κ2) is 4.54. The Hall–Kier alpha value is -2.53. The van der Waals surface area contributed by atoms with Crippen LogP contribution in [0.1, 0.15) is 0 Å². The van der Waals surface area contributed by atoms with Crippen LogP contribution in [0.4, 0.5) is 11.5 Å². The lowest BCUT2D eigenvalue weighted by Crippen LogP contribution is -1.95.